The van der Waals surface area contributed by atoms with E-state index in [1.807, 2.05) is 13.8 Å². The molecule has 3 heteroatoms. The Bertz CT molecular complexity index is 321. The van der Waals surface area contributed by atoms with Crippen LogP contribution in [0.1, 0.15) is 38.4 Å². The van der Waals surface area contributed by atoms with Crippen molar-refractivity contribution in [2.75, 3.05) is 0 Å². The van der Waals surface area contributed by atoms with Gasteiger partial charge in [-0.25, -0.2) is 0 Å². The molecule has 2 N–H and O–H groups in total. The Hall–Kier alpha value is -0.570. The number of hydrogen-bond donors (Lipinski definition) is 2. The van der Waals surface area contributed by atoms with E-state index < -0.39 is 11.7 Å². The van der Waals surface area contributed by atoms with E-state index in [1.165, 1.54) is 0 Å². The number of aliphatic hydroxyl groups excluding tert-OH is 1. The Labute approximate surface area is 95.5 Å². The molecule has 1 unspecified atom stereocenters. The SMILES string of the molecule is CCC(O)(CC)C(O)c1cccc(Cl)c1. The molecular weight excluding hydrogens is 212 g/mol. The number of rotatable bonds is 4. The molecule has 0 aliphatic carbocycles. The molecule has 1 rings (SSSR count). The first kappa shape index (κ1) is 12.5. The fourth-order valence-corrected chi connectivity index (χ4v) is 1.82. The van der Waals surface area contributed by atoms with Gasteiger partial charge in [0.15, 0.2) is 0 Å². The minimum Gasteiger partial charge on any atom is -0.387 e. The monoisotopic (exact) mass is 228 g/mol. The first-order chi connectivity index (χ1) is 7.03. The molecule has 1 aromatic carbocycles. The van der Waals surface area contributed by atoms with Gasteiger partial charge in [-0.05, 0) is 30.5 Å². The smallest absolute Gasteiger partial charge is 0.108 e. The zero-order valence-corrected chi connectivity index (χ0v) is 9.83. The summed E-state index contributed by atoms with van der Waals surface area (Å²) >= 11 is 5.83. The van der Waals surface area contributed by atoms with E-state index in [-0.39, 0.29) is 0 Å². The van der Waals surface area contributed by atoms with Crippen LogP contribution in [0, 0.1) is 0 Å². The molecule has 0 spiro atoms. The molecule has 0 aliphatic rings. The average molecular weight is 229 g/mol. The largest absolute Gasteiger partial charge is 0.387 e. The van der Waals surface area contributed by atoms with Crippen LogP contribution in [-0.4, -0.2) is 15.8 Å². The number of hydrogen-bond acceptors (Lipinski definition) is 2. The van der Waals surface area contributed by atoms with Crippen molar-refractivity contribution in [1.82, 2.24) is 0 Å². The third kappa shape index (κ3) is 2.71. The molecule has 1 atom stereocenters. The lowest BCUT2D eigenvalue weighted by molar-refractivity contribution is -0.0820. The Balaban J connectivity index is 2.97. The van der Waals surface area contributed by atoms with Gasteiger partial charge in [-0.2, -0.15) is 0 Å². The molecule has 0 fully saturated rings. The van der Waals surface area contributed by atoms with Crippen LogP contribution in [0.5, 0.6) is 0 Å². The molecule has 0 aliphatic heterocycles. The molecule has 0 saturated carbocycles. The summed E-state index contributed by atoms with van der Waals surface area (Å²) in [6.07, 6.45) is 0.139. The second-order valence-electron chi connectivity index (χ2n) is 3.77. The summed E-state index contributed by atoms with van der Waals surface area (Å²) in [5.41, 5.74) is -0.404. The van der Waals surface area contributed by atoms with Crippen LogP contribution in [0.25, 0.3) is 0 Å². The predicted octanol–water partition coefficient (Wildman–Crippen LogP) is 2.92. The van der Waals surface area contributed by atoms with Crippen molar-refractivity contribution in [3.8, 4) is 0 Å². The molecular formula is C12H17ClO2. The highest BCUT2D eigenvalue weighted by molar-refractivity contribution is 6.30. The van der Waals surface area contributed by atoms with Gasteiger partial charge >= 0.3 is 0 Å². The summed E-state index contributed by atoms with van der Waals surface area (Å²) in [6.45, 7) is 3.72. The minimum absolute atomic E-state index is 0.511. The van der Waals surface area contributed by atoms with Crippen LogP contribution >= 0.6 is 11.6 Å². The van der Waals surface area contributed by atoms with E-state index in [4.69, 9.17) is 11.6 Å². The molecule has 84 valence electrons. The highest BCUT2D eigenvalue weighted by Crippen LogP contribution is 2.32. The van der Waals surface area contributed by atoms with E-state index >= 15 is 0 Å². The maximum Gasteiger partial charge on any atom is 0.108 e. The summed E-state index contributed by atoms with van der Waals surface area (Å²) in [5, 5.41) is 20.8. The third-order valence-electron chi connectivity index (χ3n) is 2.90. The Kier molecular flexibility index (Phi) is 4.14. The van der Waals surface area contributed by atoms with Gasteiger partial charge in [-0.1, -0.05) is 37.6 Å². The van der Waals surface area contributed by atoms with E-state index in [9.17, 15) is 10.2 Å². The van der Waals surface area contributed by atoms with E-state index in [0.29, 0.717) is 23.4 Å². The van der Waals surface area contributed by atoms with Crippen LogP contribution < -0.4 is 0 Å². The highest BCUT2D eigenvalue weighted by Gasteiger charge is 2.32. The van der Waals surface area contributed by atoms with Gasteiger partial charge in [-0.15, -0.1) is 0 Å². The zero-order chi connectivity index (χ0) is 11.5. The molecule has 0 bridgehead atoms. The maximum absolute atomic E-state index is 10.1. The second kappa shape index (κ2) is 4.97. The molecule has 0 amide bonds. The van der Waals surface area contributed by atoms with Gasteiger partial charge in [-0.3, -0.25) is 0 Å². The lowest BCUT2D eigenvalue weighted by Gasteiger charge is -2.31. The third-order valence-corrected chi connectivity index (χ3v) is 3.13. The zero-order valence-electron chi connectivity index (χ0n) is 9.07. The van der Waals surface area contributed by atoms with Gasteiger partial charge < -0.3 is 10.2 Å². The summed E-state index contributed by atoms with van der Waals surface area (Å²) in [4.78, 5) is 0. The summed E-state index contributed by atoms with van der Waals surface area (Å²) in [5.74, 6) is 0. The van der Waals surface area contributed by atoms with Gasteiger partial charge in [0.2, 0.25) is 0 Å². The van der Waals surface area contributed by atoms with Gasteiger partial charge in [0.25, 0.3) is 0 Å². The average Bonchev–Trinajstić information content (AvgIpc) is 2.27. The predicted molar refractivity (Wildman–Crippen MR) is 61.9 cm³/mol. The number of halogens is 1. The van der Waals surface area contributed by atoms with E-state index in [2.05, 4.69) is 0 Å². The van der Waals surface area contributed by atoms with E-state index in [1.54, 1.807) is 24.3 Å². The van der Waals surface area contributed by atoms with E-state index in [0.717, 1.165) is 0 Å². The minimum atomic E-state index is -1.06. The molecule has 0 radical (unpaired) electrons. The van der Waals surface area contributed by atoms with Crippen LogP contribution in [0.15, 0.2) is 24.3 Å². The Morgan fingerprint density at radius 1 is 1.33 bits per heavy atom. The summed E-state index contributed by atoms with van der Waals surface area (Å²) < 4.78 is 0. The first-order valence-electron chi connectivity index (χ1n) is 5.19. The highest BCUT2D eigenvalue weighted by atomic mass is 35.5. The first-order valence-corrected chi connectivity index (χ1v) is 5.57. The van der Waals surface area contributed by atoms with Gasteiger partial charge in [0.1, 0.15) is 6.10 Å². The van der Waals surface area contributed by atoms with Crippen LogP contribution in [0.2, 0.25) is 5.02 Å². The quantitative estimate of drug-likeness (QED) is 0.832. The summed E-state index contributed by atoms with van der Waals surface area (Å²) in [7, 11) is 0. The van der Waals surface area contributed by atoms with Crippen molar-refractivity contribution in [2.24, 2.45) is 0 Å². The van der Waals surface area contributed by atoms with Crippen molar-refractivity contribution in [1.29, 1.82) is 0 Å². The Morgan fingerprint density at radius 2 is 1.93 bits per heavy atom. The van der Waals surface area contributed by atoms with Crippen molar-refractivity contribution in [3.63, 3.8) is 0 Å². The fraction of sp³-hybridized carbons (Fsp3) is 0.500. The van der Waals surface area contributed by atoms with Crippen molar-refractivity contribution in [2.45, 2.75) is 38.4 Å². The standard InChI is InChI=1S/C12H17ClO2/c1-3-12(15,4-2)11(14)9-6-5-7-10(13)8-9/h5-8,11,14-15H,3-4H2,1-2H3. The van der Waals surface area contributed by atoms with Crippen LogP contribution in [0.4, 0.5) is 0 Å². The molecule has 0 aromatic heterocycles. The van der Waals surface area contributed by atoms with Crippen molar-refractivity contribution in [3.05, 3.63) is 34.9 Å². The number of aliphatic hydroxyl groups is 2. The molecule has 0 saturated heterocycles. The second-order valence-corrected chi connectivity index (χ2v) is 4.20. The maximum atomic E-state index is 10.1. The topological polar surface area (TPSA) is 40.5 Å². The van der Waals surface area contributed by atoms with Crippen molar-refractivity contribution >= 4 is 11.6 Å². The van der Waals surface area contributed by atoms with Crippen LogP contribution in [-0.2, 0) is 0 Å². The molecule has 0 heterocycles. The molecule has 2 nitrogen and oxygen atoms in total. The number of benzene rings is 1. The Morgan fingerprint density at radius 3 is 2.40 bits per heavy atom. The molecule has 15 heavy (non-hydrogen) atoms. The lowest BCUT2D eigenvalue weighted by atomic mass is 9.86. The normalized spacial score (nSPS) is 13.9. The van der Waals surface area contributed by atoms with Crippen molar-refractivity contribution < 1.29 is 10.2 Å². The lowest BCUT2D eigenvalue weighted by Crippen LogP contribution is -2.34. The van der Waals surface area contributed by atoms with Gasteiger partial charge in [0.05, 0.1) is 5.60 Å². The van der Waals surface area contributed by atoms with Gasteiger partial charge in [0, 0.05) is 5.02 Å². The molecule has 1 aromatic rings. The fourth-order valence-electron chi connectivity index (χ4n) is 1.62. The summed E-state index contributed by atoms with van der Waals surface area (Å²) in [6, 6.07) is 6.97. The van der Waals surface area contributed by atoms with Crippen LogP contribution in [0.3, 0.4) is 0 Å².